The predicted molar refractivity (Wildman–Crippen MR) is 108 cm³/mol. The number of aryl methyl sites for hydroxylation is 1. The lowest BCUT2D eigenvalue weighted by Crippen LogP contribution is -2.31. The molecule has 0 fully saturated rings. The fraction of sp³-hybridized carbons (Fsp3) is 0.182. The number of carbonyl (C=O) groups excluding carboxylic acids is 3. The van der Waals surface area contributed by atoms with E-state index in [1.165, 1.54) is 4.90 Å². The van der Waals surface area contributed by atoms with Crippen LogP contribution in [0.5, 0.6) is 0 Å². The van der Waals surface area contributed by atoms with Crippen molar-refractivity contribution in [1.29, 1.82) is 0 Å². The van der Waals surface area contributed by atoms with Crippen molar-refractivity contribution in [3.8, 4) is 5.69 Å². The number of nitrogens with one attached hydrogen (secondary N) is 1. The number of aromatic nitrogens is 2. The maximum atomic E-state index is 12.5. The molecule has 2 aromatic carbocycles. The number of carbonyl (C=O) groups is 3. The van der Waals surface area contributed by atoms with Crippen LogP contribution in [0.25, 0.3) is 5.69 Å². The summed E-state index contributed by atoms with van der Waals surface area (Å²) in [5, 5.41) is 2.83. The minimum Gasteiger partial charge on any atom is -0.326 e. The number of nitrogens with zero attached hydrogens (tertiary/aromatic N) is 3. The third-order valence-corrected chi connectivity index (χ3v) is 4.87. The van der Waals surface area contributed by atoms with Crippen LogP contribution >= 0.6 is 0 Å². The number of imide groups is 1. The van der Waals surface area contributed by atoms with Crippen LogP contribution in [0.3, 0.4) is 0 Å². The highest BCUT2D eigenvalue weighted by molar-refractivity contribution is 6.21. The quantitative estimate of drug-likeness (QED) is 0.657. The summed E-state index contributed by atoms with van der Waals surface area (Å²) in [6.45, 7) is 2.10. The largest absolute Gasteiger partial charge is 0.326 e. The minimum absolute atomic E-state index is 0.159. The molecule has 1 N–H and O–H groups in total. The number of hydrogen-bond acceptors (Lipinski definition) is 4. The molecule has 29 heavy (non-hydrogen) atoms. The van der Waals surface area contributed by atoms with Crippen molar-refractivity contribution >= 4 is 23.4 Å². The van der Waals surface area contributed by atoms with Gasteiger partial charge in [-0.2, -0.15) is 0 Å². The van der Waals surface area contributed by atoms with E-state index in [0.717, 1.165) is 11.3 Å². The van der Waals surface area contributed by atoms with Gasteiger partial charge in [0.05, 0.1) is 17.5 Å². The van der Waals surface area contributed by atoms with Gasteiger partial charge in [0.2, 0.25) is 5.91 Å². The van der Waals surface area contributed by atoms with Gasteiger partial charge in [0.1, 0.15) is 0 Å². The first-order chi connectivity index (χ1) is 14.0. The van der Waals surface area contributed by atoms with Gasteiger partial charge in [-0.15, -0.1) is 0 Å². The van der Waals surface area contributed by atoms with E-state index in [1.54, 1.807) is 24.7 Å². The van der Waals surface area contributed by atoms with Crippen LogP contribution in [0.15, 0.2) is 61.2 Å². The molecule has 4 rings (SSSR count). The number of anilines is 1. The molecule has 1 aliphatic rings. The van der Waals surface area contributed by atoms with Crippen molar-refractivity contribution in [3.63, 3.8) is 0 Å². The zero-order valence-corrected chi connectivity index (χ0v) is 16.0. The second-order valence-corrected chi connectivity index (χ2v) is 6.98. The monoisotopic (exact) mass is 388 g/mol. The predicted octanol–water partition coefficient (Wildman–Crippen LogP) is 3.20. The van der Waals surface area contributed by atoms with Crippen LogP contribution in [0.1, 0.15) is 39.1 Å². The highest BCUT2D eigenvalue weighted by atomic mass is 16.2. The van der Waals surface area contributed by atoms with Gasteiger partial charge >= 0.3 is 0 Å². The van der Waals surface area contributed by atoms with Crippen molar-refractivity contribution in [2.45, 2.75) is 19.8 Å². The van der Waals surface area contributed by atoms with Crippen molar-refractivity contribution in [3.05, 3.63) is 77.9 Å². The van der Waals surface area contributed by atoms with Gasteiger partial charge in [-0.3, -0.25) is 19.3 Å². The molecule has 3 amide bonds. The molecule has 7 heteroatoms. The number of amides is 3. The van der Waals surface area contributed by atoms with Crippen molar-refractivity contribution < 1.29 is 14.4 Å². The lowest BCUT2D eigenvalue weighted by Gasteiger charge is -2.13. The number of hydrogen-bond donors (Lipinski definition) is 1. The average molecular weight is 388 g/mol. The fourth-order valence-electron chi connectivity index (χ4n) is 3.36. The van der Waals surface area contributed by atoms with Gasteiger partial charge in [0.25, 0.3) is 11.8 Å². The molecule has 7 nitrogen and oxygen atoms in total. The van der Waals surface area contributed by atoms with E-state index in [2.05, 4.69) is 10.3 Å². The molecular formula is C22H20N4O3. The fourth-order valence-corrected chi connectivity index (χ4v) is 3.36. The van der Waals surface area contributed by atoms with Crippen molar-refractivity contribution in [2.75, 3.05) is 11.9 Å². The molecule has 0 saturated carbocycles. The van der Waals surface area contributed by atoms with Crippen LogP contribution in [0.4, 0.5) is 5.69 Å². The van der Waals surface area contributed by atoms with Crippen LogP contribution in [0, 0.1) is 6.92 Å². The molecule has 0 unspecified atom stereocenters. The Morgan fingerprint density at radius 2 is 1.79 bits per heavy atom. The van der Waals surface area contributed by atoms with E-state index in [-0.39, 0.29) is 30.7 Å². The van der Waals surface area contributed by atoms with E-state index in [9.17, 15) is 14.4 Å². The molecule has 0 bridgehead atoms. The maximum absolute atomic E-state index is 12.5. The second-order valence-electron chi connectivity index (χ2n) is 6.98. The average Bonchev–Trinajstić information content (AvgIpc) is 3.32. The standard InChI is InChI=1S/C22H20N4O3/c1-15-4-9-18-19(13-15)22(29)26(21(18)28)11-2-3-20(27)24-16-5-7-17(8-6-16)25-12-10-23-14-25/h4-10,12-14H,2-3,11H2,1H3,(H,24,27). The first-order valence-electron chi connectivity index (χ1n) is 9.38. The Labute approximate surface area is 168 Å². The van der Waals surface area contributed by atoms with Gasteiger partial charge in [-0.1, -0.05) is 11.6 Å². The zero-order valence-electron chi connectivity index (χ0n) is 16.0. The lowest BCUT2D eigenvalue weighted by molar-refractivity contribution is -0.116. The highest BCUT2D eigenvalue weighted by Crippen LogP contribution is 2.24. The number of benzene rings is 2. The molecule has 1 aromatic heterocycles. The normalized spacial score (nSPS) is 12.9. The van der Waals surface area contributed by atoms with Crippen LogP contribution in [0.2, 0.25) is 0 Å². The van der Waals surface area contributed by atoms with Crippen molar-refractivity contribution in [1.82, 2.24) is 14.5 Å². The molecule has 3 aromatic rings. The van der Waals surface area contributed by atoms with Gasteiger partial charge in [-0.05, 0) is 49.7 Å². The summed E-state index contributed by atoms with van der Waals surface area (Å²) in [7, 11) is 0. The molecule has 0 atom stereocenters. The van der Waals surface area contributed by atoms with Crippen LogP contribution in [-0.4, -0.2) is 38.7 Å². The van der Waals surface area contributed by atoms with Gasteiger partial charge in [0, 0.05) is 36.7 Å². The number of rotatable bonds is 6. The van der Waals surface area contributed by atoms with Gasteiger partial charge in [0.15, 0.2) is 0 Å². The van der Waals surface area contributed by atoms with E-state index >= 15 is 0 Å². The summed E-state index contributed by atoms with van der Waals surface area (Å²) in [5.41, 5.74) is 3.45. The Hall–Kier alpha value is -3.74. The van der Waals surface area contributed by atoms with E-state index < -0.39 is 0 Å². The maximum Gasteiger partial charge on any atom is 0.261 e. The Morgan fingerprint density at radius 1 is 1.03 bits per heavy atom. The topological polar surface area (TPSA) is 84.3 Å². The Kier molecular flexibility index (Phi) is 4.95. The molecule has 0 saturated heterocycles. The first kappa shape index (κ1) is 18.6. The zero-order chi connectivity index (χ0) is 20.4. The Balaban J connectivity index is 1.29. The number of fused-ring (bicyclic) bond motifs is 1. The molecule has 0 radical (unpaired) electrons. The SMILES string of the molecule is Cc1ccc2c(c1)C(=O)N(CCCC(=O)Nc1ccc(-n3ccnc3)cc1)C2=O. The van der Waals surface area contributed by atoms with Crippen molar-refractivity contribution in [2.24, 2.45) is 0 Å². The van der Waals surface area contributed by atoms with Gasteiger partial charge in [-0.25, -0.2) is 4.98 Å². The molecule has 2 heterocycles. The first-order valence-corrected chi connectivity index (χ1v) is 9.38. The Bertz CT molecular complexity index is 1070. The summed E-state index contributed by atoms with van der Waals surface area (Å²) in [6.07, 6.45) is 5.87. The van der Waals surface area contributed by atoms with E-state index in [4.69, 9.17) is 0 Å². The molecule has 1 aliphatic heterocycles. The molecular weight excluding hydrogens is 368 g/mol. The highest BCUT2D eigenvalue weighted by Gasteiger charge is 2.34. The smallest absolute Gasteiger partial charge is 0.261 e. The van der Waals surface area contributed by atoms with E-state index in [1.807, 2.05) is 48.0 Å². The van der Waals surface area contributed by atoms with Crippen LogP contribution in [-0.2, 0) is 4.79 Å². The number of imidazole rings is 1. The lowest BCUT2D eigenvalue weighted by atomic mass is 10.1. The summed E-state index contributed by atoms with van der Waals surface area (Å²) >= 11 is 0. The summed E-state index contributed by atoms with van der Waals surface area (Å²) in [4.78, 5) is 42.3. The Morgan fingerprint density at radius 3 is 2.52 bits per heavy atom. The molecule has 0 spiro atoms. The van der Waals surface area contributed by atoms with Crippen LogP contribution < -0.4 is 5.32 Å². The second kappa shape index (κ2) is 7.71. The van der Waals surface area contributed by atoms with Gasteiger partial charge < -0.3 is 9.88 Å². The molecule has 0 aliphatic carbocycles. The minimum atomic E-state index is -0.291. The summed E-state index contributed by atoms with van der Waals surface area (Å²) < 4.78 is 1.87. The third kappa shape index (κ3) is 3.80. The summed E-state index contributed by atoms with van der Waals surface area (Å²) in [6, 6.07) is 12.6. The van der Waals surface area contributed by atoms with E-state index in [0.29, 0.717) is 23.2 Å². The molecule has 146 valence electrons. The third-order valence-electron chi connectivity index (χ3n) is 4.87. The summed E-state index contributed by atoms with van der Waals surface area (Å²) in [5.74, 6) is -0.738.